The van der Waals surface area contributed by atoms with Crippen molar-refractivity contribution in [3.63, 3.8) is 0 Å². The molecule has 2 aliphatic rings. The van der Waals surface area contributed by atoms with Crippen molar-refractivity contribution >= 4 is 16.7 Å². The van der Waals surface area contributed by atoms with E-state index in [4.69, 9.17) is 19.1 Å². The average molecular weight is 463 g/mol. The van der Waals surface area contributed by atoms with Crippen molar-refractivity contribution in [3.8, 4) is 0 Å². The van der Waals surface area contributed by atoms with Gasteiger partial charge in [0, 0.05) is 32.7 Å². The molecule has 1 aromatic heterocycles. The molecule has 3 atom stereocenters. The topological polar surface area (TPSA) is 88.7 Å². The SMILES string of the molecule is Cc1nnc([C@@H]2C[C@H]3OCC[C@H]3N(Cc3cccc4ccccc34)C2)o1.O=C(O)C(F)(F)F. The molecule has 33 heavy (non-hydrogen) atoms. The number of halogens is 3. The Morgan fingerprint density at radius 2 is 1.91 bits per heavy atom. The van der Waals surface area contributed by atoms with E-state index in [1.54, 1.807) is 0 Å². The third-order valence-electron chi connectivity index (χ3n) is 6.00. The van der Waals surface area contributed by atoms with Gasteiger partial charge >= 0.3 is 12.1 Å². The molecule has 2 aliphatic heterocycles. The van der Waals surface area contributed by atoms with E-state index in [-0.39, 0.29) is 12.0 Å². The minimum atomic E-state index is -5.08. The smallest absolute Gasteiger partial charge is 0.475 e. The lowest BCUT2D eigenvalue weighted by Crippen LogP contribution is -2.48. The molecule has 2 fully saturated rings. The first-order valence-electron chi connectivity index (χ1n) is 10.6. The summed E-state index contributed by atoms with van der Waals surface area (Å²) in [5, 5.41) is 18.1. The van der Waals surface area contributed by atoms with E-state index in [0.717, 1.165) is 38.4 Å². The average Bonchev–Trinajstić information content (AvgIpc) is 3.43. The number of carboxylic acids is 1. The molecule has 0 saturated carbocycles. The van der Waals surface area contributed by atoms with Gasteiger partial charge in [0.2, 0.25) is 11.8 Å². The Kier molecular flexibility index (Phi) is 6.66. The fourth-order valence-electron chi connectivity index (χ4n) is 4.54. The third-order valence-corrected chi connectivity index (χ3v) is 6.00. The fourth-order valence-corrected chi connectivity index (χ4v) is 4.54. The summed E-state index contributed by atoms with van der Waals surface area (Å²) >= 11 is 0. The molecule has 0 aliphatic carbocycles. The van der Waals surface area contributed by atoms with Crippen LogP contribution in [0.4, 0.5) is 13.2 Å². The summed E-state index contributed by atoms with van der Waals surface area (Å²) in [6.45, 7) is 4.56. The number of hydrogen-bond donors (Lipinski definition) is 1. The first-order chi connectivity index (χ1) is 15.7. The van der Waals surface area contributed by atoms with Gasteiger partial charge in [0.15, 0.2) is 0 Å². The highest BCUT2D eigenvalue weighted by molar-refractivity contribution is 5.85. The third kappa shape index (κ3) is 5.33. The van der Waals surface area contributed by atoms with Crippen LogP contribution >= 0.6 is 0 Å². The van der Waals surface area contributed by atoms with Crippen molar-refractivity contribution in [2.45, 2.75) is 50.6 Å². The fraction of sp³-hybridized carbons (Fsp3) is 0.435. The van der Waals surface area contributed by atoms with Gasteiger partial charge in [-0.1, -0.05) is 42.5 Å². The minimum absolute atomic E-state index is 0.241. The highest BCUT2D eigenvalue weighted by atomic mass is 19.4. The zero-order chi connectivity index (χ0) is 23.6. The number of fused-ring (bicyclic) bond motifs is 2. The number of piperidine rings is 1. The number of aromatic nitrogens is 2. The van der Waals surface area contributed by atoms with Gasteiger partial charge in [0.1, 0.15) is 0 Å². The highest BCUT2D eigenvalue weighted by Crippen LogP contribution is 2.37. The second-order valence-electron chi connectivity index (χ2n) is 8.23. The number of hydrogen-bond acceptors (Lipinski definition) is 6. The molecule has 5 rings (SSSR count). The van der Waals surface area contributed by atoms with Crippen molar-refractivity contribution in [1.29, 1.82) is 0 Å². The van der Waals surface area contributed by atoms with Crippen LogP contribution in [0.15, 0.2) is 46.9 Å². The van der Waals surface area contributed by atoms with Crippen molar-refractivity contribution in [2.75, 3.05) is 13.2 Å². The number of ether oxygens (including phenoxy) is 1. The van der Waals surface area contributed by atoms with Crippen molar-refractivity contribution in [2.24, 2.45) is 0 Å². The van der Waals surface area contributed by atoms with Gasteiger partial charge in [-0.3, -0.25) is 4.90 Å². The van der Waals surface area contributed by atoms with Gasteiger partial charge in [0.25, 0.3) is 0 Å². The molecule has 7 nitrogen and oxygen atoms in total. The van der Waals surface area contributed by atoms with E-state index in [9.17, 15) is 13.2 Å². The molecule has 0 amide bonds. The summed E-state index contributed by atoms with van der Waals surface area (Å²) in [5.74, 6) is -1.13. The van der Waals surface area contributed by atoms with E-state index in [2.05, 4.69) is 57.6 Å². The maximum atomic E-state index is 10.6. The van der Waals surface area contributed by atoms with E-state index < -0.39 is 12.1 Å². The van der Waals surface area contributed by atoms with Crippen LogP contribution in [0, 0.1) is 6.92 Å². The van der Waals surface area contributed by atoms with Crippen LogP contribution in [0.25, 0.3) is 10.8 Å². The summed E-state index contributed by atoms with van der Waals surface area (Å²) < 4.78 is 43.5. The van der Waals surface area contributed by atoms with Crippen molar-refractivity contribution in [3.05, 3.63) is 59.8 Å². The van der Waals surface area contributed by atoms with E-state index in [0.29, 0.717) is 11.9 Å². The van der Waals surface area contributed by atoms with Gasteiger partial charge in [-0.2, -0.15) is 13.2 Å². The Hall–Kier alpha value is -2.98. The Morgan fingerprint density at radius 1 is 1.18 bits per heavy atom. The summed E-state index contributed by atoms with van der Waals surface area (Å²) in [6.07, 6.45) is -2.75. The molecule has 0 bridgehead atoms. The molecule has 3 heterocycles. The number of aryl methyl sites for hydroxylation is 1. The molecule has 0 spiro atoms. The van der Waals surface area contributed by atoms with Gasteiger partial charge in [-0.15, -0.1) is 10.2 Å². The zero-order valence-corrected chi connectivity index (χ0v) is 18.0. The molecule has 176 valence electrons. The maximum Gasteiger partial charge on any atom is 0.490 e. The molecule has 3 aromatic rings. The summed E-state index contributed by atoms with van der Waals surface area (Å²) in [7, 11) is 0. The zero-order valence-electron chi connectivity index (χ0n) is 18.0. The van der Waals surface area contributed by atoms with Crippen molar-refractivity contribution < 1.29 is 32.2 Å². The van der Waals surface area contributed by atoms with Crippen LogP contribution in [-0.4, -0.2) is 57.6 Å². The number of alkyl halides is 3. The lowest BCUT2D eigenvalue weighted by Gasteiger charge is -2.40. The van der Waals surface area contributed by atoms with Gasteiger partial charge < -0.3 is 14.3 Å². The Morgan fingerprint density at radius 3 is 2.61 bits per heavy atom. The lowest BCUT2D eigenvalue weighted by molar-refractivity contribution is -0.192. The number of carbonyl (C=O) groups is 1. The quantitative estimate of drug-likeness (QED) is 0.619. The largest absolute Gasteiger partial charge is 0.490 e. The number of aliphatic carboxylic acids is 1. The van der Waals surface area contributed by atoms with Gasteiger partial charge in [-0.05, 0) is 29.2 Å². The molecule has 1 N–H and O–H groups in total. The molecular weight excluding hydrogens is 439 g/mol. The van der Waals surface area contributed by atoms with Crippen molar-refractivity contribution in [1.82, 2.24) is 15.1 Å². The normalized spacial score (nSPS) is 23.1. The van der Waals surface area contributed by atoms with Crippen LogP contribution in [0.2, 0.25) is 0 Å². The van der Waals surface area contributed by atoms with E-state index >= 15 is 0 Å². The summed E-state index contributed by atoms with van der Waals surface area (Å²) in [4.78, 5) is 11.5. The van der Waals surface area contributed by atoms with Crippen LogP contribution in [-0.2, 0) is 16.1 Å². The number of carboxylic acid groups (broad SMARTS) is 1. The number of nitrogens with zero attached hydrogens (tertiary/aromatic N) is 3. The van der Waals surface area contributed by atoms with Crippen LogP contribution in [0.3, 0.4) is 0 Å². The summed E-state index contributed by atoms with van der Waals surface area (Å²) in [5.41, 5.74) is 1.37. The second kappa shape index (κ2) is 9.48. The molecular formula is C23H24F3N3O4. The van der Waals surface area contributed by atoms with Gasteiger partial charge in [0.05, 0.1) is 12.0 Å². The number of benzene rings is 2. The van der Waals surface area contributed by atoms with E-state index in [1.165, 1.54) is 16.3 Å². The van der Waals surface area contributed by atoms with E-state index in [1.807, 2.05) is 6.92 Å². The standard InChI is InChI=1S/C21H23N3O2.C2HF3O2/c1-14-22-23-21(26-14)17-11-20-19(9-10-25-20)24(13-17)12-16-7-4-6-15-5-2-3-8-18(15)16;3-2(4,5)1(6)7/h2-8,17,19-20H,9-13H2,1H3;(H,6,7)/t17-,19-,20-;/m1./s1. The predicted octanol–water partition coefficient (Wildman–Crippen LogP) is 4.31. The molecule has 2 aromatic carbocycles. The summed E-state index contributed by atoms with van der Waals surface area (Å²) in [6, 6.07) is 15.7. The molecule has 2 saturated heterocycles. The minimum Gasteiger partial charge on any atom is -0.475 e. The van der Waals surface area contributed by atoms with Crippen LogP contribution in [0.1, 0.15) is 36.1 Å². The van der Waals surface area contributed by atoms with Crippen LogP contribution < -0.4 is 0 Å². The first-order valence-corrected chi connectivity index (χ1v) is 10.6. The number of rotatable bonds is 3. The van der Waals surface area contributed by atoms with Crippen LogP contribution in [0.5, 0.6) is 0 Å². The maximum absolute atomic E-state index is 10.6. The second-order valence-corrected chi connectivity index (χ2v) is 8.23. The Labute approximate surface area is 188 Å². The first kappa shape index (κ1) is 23.2. The Bertz CT molecular complexity index is 1110. The number of likely N-dealkylation sites (tertiary alicyclic amines) is 1. The van der Waals surface area contributed by atoms with Gasteiger partial charge in [-0.25, -0.2) is 4.79 Å². The lowest BCUT2D eigenvalue weighted by atomic mass is 9.89. The molecule has 0 radical (unpaired) electrons. The molecule has 10 heteroatoms. The predicted molar refractivity (Wildman–Crippen MR) is 113 cm³/mol. The molecule has 0 unspecified atom stereocenters. The monoisotopic (exact) mass is 463 g/mol. The highest BCUT2D eigenvalue weighted by Gasteiger charge is 2.42. The Balaban J connectivity index is 0.000000325.